The molecule has 0 heterocycles. The topological polar surface area (TPSA) is 35.2 Å². The Balaban J connectivity index is 1.90. The maximum atomic E-state index is 13.0. The fraction of sp³-hybridized carbons (Fsp3) is 0.0588. The van der Waals surface area contributed by atoms with Crippen LogP contribution in [-0.2, 0) is 6.61 Å². The molecule has 0 aliphatic carbocycles. The Bertz CT molecular complexity index is 804. The van der Waals surface area contributed by atoms with Crippen molar-refractivity contribution in [2.75, 3.05) is 5.73 Å². The van der Waals surface area contributed by atoms with E-state index in [1.54, 1.807) is 6.07 Å². The van der Waals surface area contributed by atoms with Gasteiger partial charge in [0.2, 0.25) is 0 Å². The number of anilines is 1. The third-order valence-corrected chi connectivity index (χ3v) is 3.67. The second-order valence-corrected chi connectivity index (χ2v) is 5.13. The van der Waals surface area contributed by atoms with Gasteiger partial charge in [0.05, 0.1) is 5.02 Å². The molecule has 0 atom stereocenters. The standard InChI is InChI=1S/C17H13ClFNO/c18-15-9-12(19)6-5-11(15)10-21-17-8-7-16(20)13-3-1-2-4-14(13)17/h1-9H,10,20H2. The molecule has 3 aromatic rings. The summed E-state index contributed by atoms with van der Waals surface area (Å²) in [6.07, 6.45) is 0. The first kappa shape index (κ1) is 13.7. The molecule has 0 aliphatic heterocycles. The second-order valence-electron chi connectivity index (χ2n) is 4.72. The summed E-state index contributed by atoms with van der Waals surface area (Å²) >= 11 is 6.00. The van der Waals surface area contributed by atoms with E-state index in [2.05, 4.69) is 0 Å². The Morgan fingerprint density at radius 2 is 1.76 bits per heavy atom. The summed E-state index contributed by atoms with van der Waals surface area (Å²) in [6.45, 7) is 0.271. The van der Waals surface area contributed by atoms with Crippen LogP contribution in [0.3, 0.4) is 0 Å². The number of fused-ring (bicyclic) bond motifs is 1. The third kappa shape index (κ3) is 2.78. The van der Waals surface area contributed by atoms with Crippen molar-refractivity contribution in [1.29, 1.82) is 0 Å². The van der Waals surface area contributed by atoms with Crippen LogP contribution in [0.5, 0.6) is 5.75 Å². The molecule has 0 aliphatic rings. The number of rotatable bonds is 3. The lowest BCUT2D eigenvalue weighted by Crippen LogP contribution is -1.98. The summed E-state index contributed by atoms with van der Waals surface area (Å²) < 4.78 is 18.8. The first-order valence-electron chi connectivity index (χ1n) is 6.49. The van der Waals surface area contributed by atoms with Crippen molar-refractivity contribution in [2.45, 2.75) is 6.61 Å². The van der Waals surface area contributed by atoms with Gasteiger partial charge in [0.15, 0.2) is 0 Å². The number of nitrogens with two attached hydrogens (primary N) is 1. The van der Waals surface area contributed by atoms with Crippen LogP contribution in [-0.4, -0.2) is 0 Å². The van der Waals surface area contributed by atoms with Crippen LogP contribution in [0.1, 0.15) is 5.56 Å². The molecule has 0 spiro atoms. The van der Waals surface area contributed by atoms with Crippen LogP contribution in [0.4, 0.5) is 10.1 Å². The number of nitrogen functional groups attached to an aromatic ring is 1. The van der Waals surface area contributed by atoms with Gasteiger partial charge in [-0.2, -0.15) is 0 Å². The van der Waals surface area contributed by atoms with Gasteiger partial charge in [0, 0.05) is 22.0 Å². The Kier molecular flexibility index (Phi) is 3.67. The van der Waals surface area contributed by atoms with Crippen molar-refractivity contribution in [3.05, 3.63) is 71.0 Å². The molecular formula is C17H13ClFNO. The first-order valence-corrected chi connectivity index (χ1v) is 6.87. The predicted molar refractivity (Wildman–Crippen MR) is 84.1 cm³/mol. The summed E-state index contributed by atoms with van der Waals surface area (Å²) in [7, 11) is 0. The van der Waals surface area contributed by atoms with Crippen molar-refractivity contribution >= 4 is 28.1 Å². The van der Waals surface area contributed by atoms with Gasteiger partial charge >= 0.3 is 0 Å². The molecule has 0 aromatic heterocycles. The molecule has 4 heteroatoms. The largest absolute Gasteiger partial charge is 0.488 e. The molecule has 0 fully saturated rings. The quantitative estimate of drug-likeness (QED) is 0.706. The average molecular weight is 302 g/mol. The molecule has 0 bridgehead atoms. The Labute approximate surface area is 126 Å². The van der Waals surface area contributed by atoms with Crippen molar-refractivity contribution in [2.24, 2.45) is 0 Å². The van der Waals surface area contributed by atoms with E-state index in [1.807, 2.05) is 36.4 Å². The van der Waals surface area contributed by atoms with Gasteiger partial charge in [-0.3, -0.25) is 0 Å². The lowest BCUT2D eigenvalue weighted by molar-refractivity contribution is 0.310. The maximum absolute atomic E-state index is 13.0. The number of hydrogen-bond donors (Lipinski definition) is 1. The van der Waals surface area contributed by atoms with Gasteiger partial charge < -0.3 is 10.5 Å². The molecule has 0 unspecified atom stereocenters. The Morgan fingerprint density at radius 3 is 2.52 bits per heavy atom. The van der Waals surface area contributed by atoms with Crippen molar-refractivity contribution < 1.29 is 9.13 Å². The third-order valence-electron chi connectivity index (χ3n) is 3.32. The molecule has 106 valence electrons. The zero-order valence-corrected chi connectivity index (χ0v) is 11.9. The first-order chi connectivity index (χ1) is 10.1. The van der Waals surface area contributed by atoms with E-state index in [1.165, 1.54) is 12.1 Å². The Hall–Kier alpha value is -2.26. The van der Waals surface area contributed by atoms with Gasteiger partial charge in [0.25, 0.3) is 0 Å². The molecule has 0 saturated carbocycles. The fourth-order valence-corrected chi connectivity index (χ4v) is 2.44. The van der Waals surface area contributed by atoms with E-state index in [0.29, 0.717) is 10.7 Å². The Morgan fingerprint density at radius 1 is 1.00 bits per heavy atom. The van der Waals surface area contributed by atoms with Crippen molar-refractivity contribution in [3.63, 3.8) is 0 Å². The van der Waals surface area contributed by atoms with E-state index < -0.39 is 0 Å². The molecule has 21 heavy (non-hydrogen) atoms. The molecule has 3 aromatic carbocycles. The smallest absolute Gasteiger partial charge is 0.127 e. The van der Waals surface area contributed by atoms with Crippen LogP contribution >= 0.6 is 11.6 Å². The molecule has 0 saturated heterocycles. The SMILES string of the molecule is Nc1ccc(OCc2ccc(F)cc2Cl)c2ccccc12. The van der Waals surface area contributed by atoms with Gasteiger partial charge in [0.1, 0.15) is 18.2 Å². The highest BCUT2D eigenvalue weighted by Crippen LogP contribution is 2.31. The number of ether oxygens (including phenoxy) is 1. The van der Waals surface area contributed by atoms with Gasteiger partial charge in [-0.25, -0.2) is 4.39 Å². The summed E-state index contributed by atoms with van der Waals surface area (Å²) in [5, 5.41) is 2.24. The van der Waals surface area contributed by atoms with Gasteiger partial charge in [-0.15, -0.1) is 0 Å². The summed E-state index contributed by atoms with van der Waals surface area (Å²) in [4.78, 5) is 0. The van der Waals surface area contributed by atoms with E-state index in [0.717, 1.165) is 22.1 Å². The van der Waals surface area contributed by atoms with Crippen molar-refractivity contribution in [1.82, 2.24) is 0 Å². The van der Waals surface area contributed by atoms with Gasteiger partial charge in [-0.1, -0.05) is 41.9 Å². The molecule has 0 amide bonds. The highest BCUT2D eigenvalue weighted by molar-refractivity contribution is 6.31. The molecular weight excluding hydrogens is 289 g/mol. The summed E-state index contributed by atoms with van der Waals surface area (Å²) in [5.41, 5.74) is 7.40. The summed E-state index contributed by atoms with van der Waals surface area (Å²) in [5.74, 6) is 0.363. The fourth-order valence-electron chi connectivity index (χ4n) is 2.21. The normalized spacial score (nSPS) is 10.8. The number of halogens is 2. The van der Waals surface area contributed by atoms with E-state index in [4.69, 9.17) is 22.1 Å². The lowest BCUT2D eigenvalue weighted by atomic mass is 10.1. The van der Waals surface area contributed by atoms with Crippen LogP contribution < -0.4 is 10.5 Å². The lowest BCUT2D eigenvalue weighted by Gasteiger charge is -2.11. The van der Waals surface area contributed by atoms with Gasteiger partial charge in [-0.05, 0) is 24.3 Å². The highest BCUT2D eigenvalue weighted by atomic mass is 35.5. The van der Waals surface area contributed by atoms with Crippen LogP contribution in [0.2, 0.25) is 5.02 Å². The zero-order valence-electron chi connectivity index (χ0n) is 11.1. The van der Waals surface area contributed by atoms with E-state index in [9.17, 15) is 4.39 Å². The van der Waals surface area contributed by atoms with Crippen LogP contribution in [0.25, 0.3) is 10.8 Å². The molecule has 3 rings (SSSR count). The second kappa shape index (κ2) is 5.62. The average Bonchev–Trinajstić information content (AvgIpc) is 2.48. The van der Waals surface area contributed by atoms with E-state index in [-0.39, 0.29) is 12.4 Å². The van der Waals surface area contributed by atoms with Crippen LogP contribution in [0.15, 0.2) is 54.6 Å². The van der Waals surface area contributed by atoms with E-state index >= 15 is 0 Å². The monoisotopic (exact) mass is 301 g/mol. The zero-order chi connectivity index (χ0) is 14.8. The molecule has 0 radical (unpaired) electrons. The molecule has 2 nitrogen and oxygen atoms in total. The minimum absolute atomic E-state index is 0.271. The minimum Gasteiger partial charge on any atom is -0.488 e. The van der Waals surface area contributed by atoms with Crippen LogP contribution in [0, 0.1) is 5.82 Å². The predicted octanol–water partition coefficient (Wildman–Crippen LogP) is 4.79. The maximum Gasteiger partial charge on any atom is 0.127 e. The van der Waals surface area contributed by atoms with Crippen molar-refractivity contribution in [3.8, 4) is 5.75 Å². The molecule has 2 N–H and O–H groups in total. The number of benzene rings is 3. The summed E-state index contributed by atoms with van der Waals surface area (Å²) in [6, 6.07) is 15.7. The number of hydrogen-bond acceptors (Lipinski definition) is 2. The highest BCUT2D eigenvalue weighted by Gasteiger charge is 2.07. The minimum atomic E-state index is -0.360.